The Balaban J connectivity index is 2.72. The van der Waals surface area contributed by atoms with Crippen molar-refractivity contribution >= 4 is 11.8 Å². The van der Waals surface area contributed by atoms with E-state index in [4.69, 9.17) is 4.74 Å². The molecule has 0 radical (unpaired) electrons. The van der Waals surface area contributed by atoms with Gasteiger partial charge in [-0.3, -0.25) is 10.1 Å². The van der Waals surface area contributed by atoms with Gasteiger partial charge in [0.25, 0.3) is 5.69 Å². The molecule has 0 spiro atoms. The Kier molecular flexibility index (Phi) is 3.67. The molecule has 1 aromatic carbocycles. The summed E-state index contributed by atoms with van der Waals surface area (Å²) in [6.07, 6.45) is -0.641. The largest absolute Gasteiger partial charge is 0.413 e. The fourth-order valence-electron chi connectivity index (χ4n) is 1.10. The molecule has 1 aromatic rings. The Labute approximate surface area is 98.7 Å². The smallest absolute Gasteiger partial charge is 0.410 e. The third-order valence-corrected chi connectivity index (χ3v) is 1.72. The summed E-state index contributed by atoms with van der Waals surface area (Å²) >= 11 is 0. The zero-order valence-corrected chi connectivity index (χ0v) is 9.89. The highest BCUT2D eigenvalue weighted by atomic mass is 16.6. The Bertz CT molecular complexity index is 437. The molecule has 0 saturated carbocycles. The summed E-state index contributed by atoms with van der Waals surface area (Å²) in [5.41, 5.74) is -0.538. The first-order chi connectivity index (χ1) is 7.78. The molecule has 0 heterocycles. The number of nitro groups is 1. The molecule has 17 heavy (non-hydrogen) atoms. The van der Waals surface area contributed by atoms with Gasteiger partial charge in [0.05, 0.1) is 11.0 Å². The van der Waals surface area contributed by atoms with E-state index in [1.54, 1.807) is 0 Å². The first-order valence-electron chi connectivity index (χ1n) is 5.02. The van der Waals surface area contributed by atoms with E-state index in [-0.39, 0.29) is 11.4 Å². The third-order valence-electron chi connectivity index (χ3n) is 1.72. The first-order valence-corrected chi connectivity index (χ1v) is 5.02. The minimum absolute atomic E-state index is 0.119. The summed E-state index contributed by atoms with van der Waals surface area (Å²) in [4.78, 5) is 21.4. The number of benzene rings is 1. The lowest BCUT2D eigenvalue weighted by atomic mass is 10.1. The van der Waals surface area contributed by atoms with Crippen LogP contribution in [-0.2, 0) is 0 Å². The molecule has 92 valence electrons. The fraction of sp³-hybridized carbons (Fsp3) is 0.364. The van der Waals surface area contributed by atoms with Crippen molar-refractivity contribution in [2.45, 2.75) is 26.3 Å². The van der Waals surface area contributed by atoms with Crippen LogP contribution in [0.3, 0.4) is 0 Å². The van der Waals surface area contributed by atoms with Gasteiger partial charge in [0, 0.05) is 11.6 Å². The molecule has 0 fully saturated rings. The van der Waals surface area contributed by atoms with E-state index in [1.807, 2.05) is 20.8 Å². The minimum Gasteiger partial charge on any atom is -0.410 e. The van der Waals surface area contributed by atoms with E-state index < -0.39 is 16.6 Å². The topological polar surface area (TPSA) is 81.5 Å². The van der Waals surface area contributed by atoms with Crippen molar-refractivity contribution in [2.24, 2.45) is 0 Å². The molecule has 0 aromatic heterocycles. The van der Waals surface area contributed by atoms with Crippen LogP contribution in [0.4, 0.5) is 10.5 Å². The zero-order chi connectivity index (χ0) is 13.1. The van der Waals surface area contributed by atoms with E-state index in [0.717, 1.165) is 0 Å². The zero-order valence-electron chi connectivity index (χ0n) is 9.89. The summed E-state index contributed by atoms with van der Waals surface area (Å²) in [5, 5.41) is 13.1. The van der Waals surface area contributed by atoms with Crippen molar-refractivity contribution < 1.29 is 14.5 Å². The van der Waals surface area contributed by atoms with Gasteiger partial charge in [-0.25, -0.2) is 4.79 Å². The van der Waals surface area contributed by atoms with Crippen LogP contribution in [0.5, 0.6) is 5.75 Å². The van der Waals surface area contributed by atoms with E-state index in [9.17, 15) is 14.9 Å². The standard InChI is InChI=1S/C11H14N2O4/c1-11(2,3)12-10(14)17-9-6-4-5-8(7-9)13(15)16/h4-7H,1-3H3,(H,12,14). The molecule has 6 nitrogen and oxygen atoms in total. The number of nitrogens with zero attached hydrogens (tertiary/aromatic N) is 1. The second-order valence-electron chi connectivity index (χ2n) is 4.52. The maximum Gasteiger partial charge on any atom is 0.413 e. The summed E-state index contributed by atoms with van der Waals surface area (Å²) in [6, 6.07) is 5.46. The summed E-state index contributed by atoms with van der Waals surface area (Å²) in [6.45, 7) is 5.42. The molecule has 0 aliphatic rings. The van der Waals surface area contributed by atoms with Crippen molar-refractivity contribution in [1.29, 1.82) is 0 Å². The molecular weight excluding hydrogens is 224 g/mol. The van der Waals surface area contributed by atoms with Gasteiger partial charge in [0.15, 0.2) is 0 Å². The van der Waals surface area contributed by atoms with E-state index in [2.05, 4.69) is 5.32 Å². The molecule has 1 N–H and O–H groups in total. The van der Waals surface area contributed by atoms with Crippen LogP contribution in [-0.4, -0.2) is 16.6 Å². The molecule has 0 saturated heterocycles. The Morgan fingerprint density at radius 3 is 2.59 bits per heavy atom. The van der Waals surface area contributed by atoms with Crippen molar-refractivity contribution in [3.05, 3.63) is 34.4 Å². The molecule has 0 aliphatic carbocycles. The number of nitro benzene ring substituents is 1. The number of hydrogen-bond donors (Lipinski definition) is 1. The Hall–Kier alpha value is -2.11. The van der Waals surface area contributed by atoms with Crippen LogP contribution in [0, 0.1) is 10.1 Å². The highest BCUT2D eigenvalue weighted by Crippen LogP contribution is 2.19. The number of hydrogen-bond acceptors (Lipinski definition) is 4. The lowest BCUT2D eigenvalue weighted by molar-refractivity contribution is -0.384. The van der Waals surface area contributed by atoms with Gasteiger partial charge in [-0.1, -0.05) is 6.07 Å². The van der Waals surface area contributed by atoms with Crippen molar-refractivity contribution in [3.8, 4) is 5.75 Å². The van der Waals surface area contributed by atoms with Crippen LogP contribution in [0.15, 0.2) is 24.3 Å². The average molecular weight is 238 g/mol. The van der Waals surface area contributed by atoms with Crippen LogP contribution in [0.2, 0.25) is 0 Å². The van der Waals surface area contributed by atoms with Gasteiger partial charge in [0.2, 0.25) is 0 Å². The predicted molar refractivity (Wildman–Crippen MR) is 62.0 cm³/mol. The fourth-order valence-corrected chi connectivity index (χ4v) is 1.10. The van der Waals surface area contributed by atoms with Crippen LogP contribution in [0.25, 0.3) is 0 Å². The van der Waals surface area contributed by atoms with Crippen molar-refractivity contribution in [1.82, 2.24) is 5.32 Å². The molecular formula is C11H14N2O4. The number of ether oxygens (including phenoxy) is 1. The lowest BCUT2D eigenvalue weighted by Gasteiger charge is -2.19. The average Bonchev–Trinajstić information content (AvgIpc) is 2.14. The number of carbonyl (C=O) groups is 1. The van der Waals surface area contributed by atoms with Gasteiger partial charge in [-0.15, -0.1) is 0 Å². The molecule has 1 amide bonds. The summed E-state index contributed by atoms with van der Waals surface area (Å²) in [7, 11) is 0. The number of rotatable bonds is 2. The first kappa shape index (κ1) is 13.0. The lowest BCUT2D eigenvalue weighted by Crippen LogP contribution is -2.42. The molecule has 1 rings (SSSR count). The Morgan fingerprint density at radius 1 is 1.41 bits per heavy atom. The Morgan fingerprint density at radius 2 is 2.06 bits per heavy atom. The minimum atomic E-state index is -0.641. The van der Waals surface area contributed by atoms with Gasteiger partial charge < -0.3 is 10.1 Å². The monoisotopic (exact) mass is 238 g/mol. The second-order valence-corrected chi connectivity index (χ2v) is 4.52. The van der Waals surface area contributed by atoms with Crippen molar-refractivity contribution in [3.63, 3.8) is 0 Å². The molecule has 0 atom stereocenters. The van der Waals surface area contributed by atoms with Crippen LogP contribution < -0.4 is 10.1 Å². The highest BCUT2D eigenvalue weighted by molar-refractivity contribution is 5.71. The van der Waals surface area contributed by atoms with Crippen molar-refractivity contribution in [2.75, 3.05) is 0 Å². The van der Waals surface area contributed by atoms with E-state index in [0.29, 0.717) is 0 Å². The van der Waals surface area contributed by atoms with Gasteiger partial charge in [-0.2, -0.15) is 0 Å². The summed E-state index contributed by atoms with van der Waals surface area (Å²) in [5.74, 6) is 0.140. The van der Waals surface area contributed by atoms with E-state index in [1.165, 1.54) is 24.3 Å². The SMILES string of the molecule is CC(C)(C)NC(=O)Oc1cccc([N+](=O)[O-])c1. The predicted octanol–water partition coefficient (Wildman–Crippen LogP) is 2.48. The van der Waals surface area contributed by atoms with Gasteiger partial charge >= 0.3 is 6.09 Å². The molecule has 0 aliphatic heterocycles. The third kappa shape index (κ3) is 4.50. The number of carbonyl (C=O) groups excluding carboxylic acids is 1. The summed E-state index contributed by atoms with van der Waals surface area (Å²) < 4.78 is 4.93. The normalized spacial score (nSPS) is 10.8. The van der Waals surface area contributed by atoms with E-state index >= 15 is 0 Å². The van der Waals surface area contributed by atoms with Gasteiger partial charge in [-0.05, 0) is 26.8 Å². The second kappa shape index (κ2) is 4.82. The highest BCUT2D eigenvalue weighted by Gasteiger charge is 2.16. The quantitative estimate of drug-likeness (QED) is 0.633. The van der Waals surface area contributed by atoms with Crippen LogP contribution in [0.1, 0.15) is 20.8 Å². The molecule has 6 heteroatoms. The van der Waals surface area contributed by atoms with Gasteiger partial charge in [0.1, 0.15) is 5.75 Å². The number of amides is 1. The molecule has 0 bridgehead atoms. The maximum absolute atomic E-state index is 11.4. The molecule has 0 unspecified atom stereocenters. The van der Waals surface area contributed by atoms with Crippen LogP contribution >= 0.6 is 0 Å². The maximum atomic E-state index is 11.4. The number of nitrogens with one attached hydrogen (secondary N) is 1. The number of non-ortho nitro benzene ring substituents is 1.